The average molecular weight is 398 g/mol. The summed E-state index contributed by atoms with van der Waals surface area (Å²) in [6.45, 7) is 0. The topological polar surface area (TPSA) is 46.2 Å². The molecule has 0 unspecified atom stereocenters. The molecule has 0 bridgehead atoms. The van der Waals surface area contributed by atoms with Crippen LogP contribution in [0.2, 0.25) is 10.0 Å². The number of hydrogen-bond acceptors (Lipinski definition) is 3. The summed E-state index contributed by atoms with van der Waals surface area (Å²) in [4.78, 5) is 0. The van der Waals surface area contributed by atoms with E-state index in [1.54, 1.807) is 0 Å². The van der Waals surface area contributed by atoms with Gasteiger partial charge in [-0.1, -0.05) is 47.5 Å². The molecule has 0 aliphatic heterocycles. The van der Waals surface area contributed by atoms with Crippen molar-refractivity contribution in [1.82, 2.24) is 5.32 Å². The summed E-state index contributed by atoms with van der Waals surface area (Å²) in [7, 11) is -1.11. The largest absolute Gasteiger partial charge is 0.313 e. The summed E-state index contributed by atoms with van der Waals surface area (Å²) in [5.74, 6) is 0.301. The number of fused-ring (bicyclic) bond motifs is 1. The van der Waals surface area contributed by atoms with Crippen molar-refractivity contribution >= 4 is 33.0 Å². The number of halogens is 2. The van der Waals surface area contributed by atoms with Crippen molar-refractivity contribution in [2.75, 3.05) is 13.3 Å². The molecule has 0 amide bonds. The van der Waals surface area contributed by atoms with Gasteiger partial charge < -0.3 is 5.32 Å². The molecule has 0 saturated carbocycles. The van der Waals surface area contributed by atoms with Gasteiger partial charge in [0.1, 0.15) is 0 Å². The normalized spacial score (nSPS) is 20.3. The Hall–Kier alpha value is -1.07. The zero-order chi connectivity index (χ0) is 18.2. The first kappa shape index (κ1) is 18.7. The second-order valence-corrected chi connectivity index (χ2v) is 9.63. The maximum atomic E-state index is 11.6. The molecule has 134 valence electrons. The van der Waals surface area contributed by atoms with Crippen LogP contribution in [0.5, 0.6) is 0 Å². The third-order valence-electron chi connectivity index (χ3n) is 4.77. The van der Waals surface area contributed by atoms with Crippen molar-refractivity contribution in [3.63, 3.8) is 0 Å². The van der Waals surface area contributed by atoms with Crippen molar-refractivity contribution < 1.29 is 8.42 Å². The molecule has 0 radical (unpaired) electrons. The lowest BCUT2D eigenvalue weighted by atomic mass is 9.76. The second-order valence-electron chi connectivity index (χ2n) is 6.68. The van der Waals surface area contributed by atoms with E-state index in [4.69, 9.17) is 23.2 Å². The number of benzene rings is 2. The second kappa shape index (κ2) is 7.28. The van der Waals surface area contributed by atoms with E-state index in [2.05, 4.69) is 11.4 Å². The highest BCUT2D eigenvalue weighted by Gasteiger charge is 2.28. The zero-order valence-electron chi connectivity index (χ0n) is 14.2. The lowest BCUT2D eigenvalue weighted by molar-refractivity contribution is 0.470. The van der Waals surface area contributed by atoms with Gasteiger partial charge in [0.15, 0.2) is 9.84 Å². The molecule has 0 spiro atoms. The fourth-order valence-electron chi connectivity index (χ4n) is 3.66. The molecule has 0 fully saturated rings. The minimum absolute atomic E-state index is 0.0636. The van der Waals surface area contributed by atoms with E-state index < -0.39 is 9.84 Å². The number of hydrogen-bond donors (Lipinski definition) is 1. The van der Waals surface area contributed by atoms with Gasteiger partial charge in [-0.15, -0.1) is 0 Å². The first-order valence-corrected chi connectivity index (χ1v) is 11.0. The number of rotatable bonds is 4. The van der Waals surface area contributed by atoms with Crippen molar-refractivity contribution in [2.24, 2.45) is 0 Å². The smallest absolute Gasteiger partial charge is 0.151 e. The van der Waals surface area contributed by atoms with Gasteiger partial charge in [0.25, 0.3) is 0 Å². The summed E-state index contributed by atoms with van der Waals surface area (Å²) < 4.78 is 23.3. The molecule has 2 aromatic rings. The van der Waals surface area contributed by atoms with Gasteiger partial charge >= 0.3 is 0 Å². The van der Waals surface area contributed by atoms with E-state index in [9.17, 15) is 8.42 Å². The predicted octanol–water partition coefficient (Wildman–Crippen LogP) is 4.72. The first-order valence-electron chi connectivity index (χ1n) is 8.21. The molecular formula is C19H21Cl2NO2S. The van der Waals surface area contributed by atoms with Crippen molar-refractivity contribution in [3.8, 4) is 0 Å². The lowest BCUT2D eigenvalue weighted by Gasteiger charge is -2.32. The van der Waals surface area contributed by atoms with Crippen molar-refractivity contribution in [3.05, 3.63) is 68.7 Å². The summed E-state index contributed by atoms with van der Waals surface area (Å²) >= 11 is 12.3. The molecule has 25 heavy (non-hydrogen) atoms. The molecule has 2 atom stereocenters. The SMILES string of the molecule is CN[C@H]1CC[C@@H](c2ccc(Cl)c(Cl)c2)c2ccc(CS(C)(=O)=O)cc21. The molecule has 0 aromatic heterocycles. The molecule has 2 aromatic carbocycles. The fraction of sp³-hybridized carbons (Fsp3) is 0.368. The summed E-state index contributed by atoms with van der Waals surface area (Å²) in [5.41, 5.74) is 4.37. The third-order valence-corrected chi connectivity index (χ3v) is 6.37. The van der Waals surface area contributed by atoms with Gasteiger partial charge in [-0.05, 0) is 54.3 Å². The quantitative estimate of drug-likeness (QED) is 0.811. The minimum atomic E-state index is -3.06. The number of nitrogens with one attached hydrogen (secondary N) is 1. The van der Waals surface area contributed by atoms with Crippen LogP contribution in [0.4, 0.5) is 0 Å². The minimum Gasteiger partial charge on any atom is -0.313 e. The third kappa shape index (κ3) is 4.20. The molecule has 1 N–H and O–H groups in total. The van der Waals surface area contributed by atoms with Crippen LogP contribution in [-0.4, -0.2) is 21.7 Å². The highest BCUT2D eigenvalue weighted by atomic mass is 35.5. The molecule has 3 nitrogen and oxygen atoms in total. The van der Waals surface area contributed by atoms with E-state index in [0.717, 1.165) is 24.0 Å². The van der Waals surface area contributed by atoms with E-state index in [-0.39, 0.29) is 17.7 Å². The Labute approximate surface area is 159 Å². The Bertz CT molecular complexity index is 896. The molecular weight excluding hydrogens is 377 g/mol. The standard InChI is InChI=1S/C19H21Cl2NO2S/c1-22-19-8-6-14(13-4-7-17(20)18(21)10-13)15-5-3-12(9-16(15)19)11-25(2,23)24/h3-5,7,9-10,14,19,22H,6,8,11H2,1-2H3/t14-,19-/m0/s1. The molecule has 1 aliphatic rings. The Morgan fingerprint density at radius 3 is 2.44 bits per heavy atom. The highest BCUT2D eigenvalue weighted by molar-refractivity contribution is 7.89. The Kier molecular flexibility index (Phi) is 5.45. The van der Waals surface area contributed by atoms with Crippen LogP contribution in [0, 0.1) is 0 Å². The zero-order valence-corrected chi connectivity index (χ0v) is 16.5. The monoisotopic (exact) mass is 397 g/mol. The summed E-state index contributed by atoms with van der Waals surface area (Å²) in [6, 6.07) is 12.0. The van der Waals surface area contributed by atoms with E-state index in [1.807, 2.05) is 37.4 Å². The maximum absolute atomic E-state index is 11.6. The Balaban J connectivity index is 2.04. The average Bonchev–Trinajstić information content (AvgIpc) is 2.55. The van der Waals surface area contributed by atoms with Crippen LogP contribution in [0.3, 0.4) is 0 Å². The van der Waals surface area contributed by atoms with Crippen LogP contribution in [0.25, 0.3) is 0 Å². The number of sulfone groups is 1. The van der Waals surface area contributed by atoms with Gasteiger partial charge in [-0.3, -0.25) is 0 Å². The molecule has 3 rings (SSSR count). The van der Waals surface area contributed by atoms with Crippen molar-refractivity contribution in [2.45, 2.75) is 30.6 Å². The van der Waals surface area contributed by atoms with Gasteiger partial charge in [0.2, 0.25) is 0 Å². The Morgan fingerprint density at radius 2 is 1.80 bits per heavy atom. The van der Waals surface area contributed by atoms with Crippen LogP contribution in [-0.2, 0) is 15.6 Å². The van der Waals surface area contributed by atoms with E-state index in [0.29, 0.717) is 10.0 Å². The molecule has 1 aliphatic carbocycles. The molecule has 6 heteroatoms. The van der Waals surface area contributed by atoms with Crippen LogP contribution < -0.4 is 5.32 Å². The van der Waals surface area contributed by atoms with Gasteiger partial charge in [-0.2, -0.15) is 0 Å². The van der Waals surface area contributed by atoms with Crippen LogP contribution in [0.1, 0.15) is 47.1 Å². The van der Waals surface area contributed by atoms with Crippen LogP contribution >= 0.6 is 23.2 Å². The lowest BCUT2D eigenvalue weighted by Crippen LogP contribution is -2.24. The molecule has 0 heterocycles. The van der Waals surface area contributed by atoms with E-state index >= 15 is 0 Å². The first-order chi connectivity index (χ1) is 11.8. The van der Waals surface area contributed by atoms with Gasteiger partial charge in [-0.25, -0.2) is 8.42 Å². The van der Waals surface area contributed by atoms with Gasteiger partial charge in [0.05, 0.1) is 15.8 Å². The Morgan fingerprint density at radius 1 is 1.04 bits per heavy atom. The fourth-order valence-corrected chi connectivity index (χ4v) is 4.75. The maximum Gasteiger partial charge on any atom is 0.151 e. The summed E-state index contributed by atoms with van der Waals surface area (Å²) in [6.07, 6.45) is 3.25. The molecule has 0 saturated heterocycles. The summed E-state index contributed by atoms with van der Waals surface area (Å²) in [5, 5.41) is 4.46. The van der Waals surface area contributed by atoms with Crippen molar-refractivity contribution in [1.29, 1.82) is 0 Å². The highest BCUT2D eigenvalue weighted by Crippen LogP contribution is 2.42. The predicted molar refractivity (Wildman–Crippen MR) is 104 cm³/mol. The van der Waals surface area contributed by atoms with Gasteiger partial charge in [0, 0.05) is 18.2 Å². The van der Waals surface area contributed by atoms with Crippen LogP contribution in [0.15, 0.2) is 36.4 Å². The van der Waals surface area contributed by atoms with E-state index in [1.165, 1.54) is 17.4 Å².